The number of esters is 1. The van der Waals surface area contributed by atoms with Gasteiger partial charge in [0.2, 0.25) is 11.7 Å². The molecule has 0 amide bonds. The zero-order chi connectivity index (χ0) is 29.2. The van der Waals surface area contributed by atoms with Gasteiger partial charge in [-0.2, -0.15) is 13.2 Å². The van der Waals surface area contributed by atoms with E-state index in [0.717, 1.165) is 18.4 Å². The molecule has 1 aromatic carbocycles. The third kappa shape index (κ3) is 4.22. The number of alkyl halides is 3. The Kier molecular flexibility index (Phi) is 6.06. The van der Waals surface area contributed by atoms with Gasteiger partial charge in [0, 0.05) is 41.2 Å². The van der Waals surface area contributed by atoms with Gasteiger partial charge in [-0.15, -0.1) is 6.42 Å². The fourth-order valence-corrected chi connectivity index (χ4v) is 6.36. The van der Waals surface area contributed by atoms with Crippen molar-refractivity contribution in [3.63, 3.8) is 0 Å². The van der Waals surface area contributed by atoms with Gasteiger partial charge >= 0.3 is 12.1 Å². The number of methoxy groups -OCH3 is 1. The highest BCUT2D eigenvalue weighted by Crippen LogP contribution is 2.60. The quantitative estimate of drug-likeness (QED) is 0.248. The molecule has 9 nitrogen and oxygen atoms in total. The van der Waals surface area contributed by atoms with Crippen molar-refractivity contribution in [2.45, 2.75) is 43.0 Å². The van der Waals surface area contributed by atoms with Crippen molar-refractivity contribution >= 4 is 33.9 Å². The van der Waals surface area contributed by atoms with E-state index in [1.54, 1.807) is 30.5 Å². The number of pyridine rings is 1. The van der Waals surface area contributed by atoms with Crippen LogP contribution in [0.1, 0.15) is 36.2 Å². The Morgan fingerprint density at radius 2 is 2.10 bits per heavy atom. The molecule has 7 rings (SSSR count). The van der Waals surface area contributed by atoms with Gasteiger partial charge in [-0.25, -0.2) is 19.7 Å². The lowest BCUT2D eigenvalue weighted by Gasteiger charge is -2.26. The third-order valence-corrected chi connectivity index (χ3v) is 8.54. The van der Waals surface area contributed by atoms with Crippen LogP contribution < -0.4 is 9.64 Å². The molecule has 2 saturated heterocycles. The number of carbonyl (C=O) groups excluding carboxylic acids is 1. The summed E-state index contributed by atoms with van der Waals surface area (Å²) < 4.78 is 65.0. The smallest absolute Gasteiger partial charge is 0.451 e. The Hall–Kier alpha value is -4.37. The van der Waals surface area contributed by atoms with Crippen molar-refractivity contribution in [2.24, 2.45) is 5.92 Å². The molecule has 2 unspecified atom stereocenters. The topological polar surface area (TPSA) is 99.8 Å². The summed E-state index contributed by atoms with van der Waals surface area (Å²) in [4.78, 5) is 26.6. The minimum absolute atomic E-state index is 0.00290. The lowest BCUT2D eigenvalue weighted by molar-refractivity contribution is -0.144. The molecule has 42 heavy (non-hydrogen) atoms. The Morgan fingerprint density at radius 3 is 2.86 bits per heavy atom. The van der Waals surface area contributed by atoms with E-state index >= 15 is 0 Å². The van der Waals surface area contributed by atoms with Crippen LogP contribution in [0.5, 0.6) is 5.88 Å². The maximum Gasteiger partial charge on any atom is 0.451 e. The number of furan rings is 1. The molecule has 4 atom stereocenters. The van der Waals surface area contributed by atoms with E-state index in [2.05, 4.69) is 20.9 Å². The predicted octanol–water partition coefficient (Wildman–Crippen LogP) is 4.65. The van der Waals surface area contributed by atoms with Crippen LogP contribution in [-0.4, -0.2) is 59.9 Å². The highest BCUT2D eigenvalue weighted by Gasteiger charge is 2.58. The minimum Gasteiger partial charge on any atom is -0.472 e. The fourth-order valence-electron chi connectivity index (χ4n) is 6.36. The second kappa shape index (κ2) is 9.59. The molecule has 3 fully saturated rings. The normalized spacial score (nSPS) is 25.3. The van der Waals surface area contributed by atoms with E-state index in [4.69, 9.17) is 25.1 Å². The van der Waals surface area contributed by atoms with E-state index in [9.17, 15) is 18.0 Å². The average molecular weight is 579 g/mol. The SMILES string of the molecule is C#Cc1cnc(O[C@H]2C[C@@H](C(=O)OC)N(c3nc(C(F)(F)F)nc4c3oc3ccccc34)C2)c(C23CCOCC2C3)c1. The van der Waals surface area contributed by atoms with Gasteiger partial charge in [0.1, 0.15) is 23.2 Å². The number of anilines is 1. The maximum atomic E-state index is 14.0. The number of hydrogen-bond acceptors (Lipinski definition) is 9. The summed E-state index contributed by atoms with van der Waals surface area (Å²) in [6.07, 6.45) is 3.60. The van der Waals surface area contributed by atoms with Crippen molar-refractivity contribution in [2.75, 3.05) is 31.8 Å². The van der Waals surface area contributed by atoms with E-state index in [1.807, 2.05) is 6.07 Å². The molecule has 1 aliphatic carbocycles. The molecule has 1 saturated carbocycles. The third-order valence-electron chi connectivity index (χ3n) is 8.54. The summed E-state index contributed by atoms with van der Waals surface area (Å²) in [6.45, 7) is 1.28. The van der Waals surface area contributed by atoms with Crippen LogP contribution in [0.25, 0.3) is 22.1 Å². The lowest BCUT2D eigenvalue weighted by atomic mass is 9.89. The van der Waals surface area contributed by atoms with Crippen LogP contribution in [-0.2, 0) is 25.9 Å². The second-order valence-corrected chi connectivity index (χ2v) is 10.9. The summed E-state index contributed by atoms with van der Waals surface area (Å²) in [5, 5.41) is 0.403. The minimum atomic E-state index is -4.83. The number of nitrogens with zero attached hydrogens (tertiary/aromatic N) is 4. The predicted molar refractivity (Wildman–Crippen MR) is 144 cm³/mol. The molecular weight excluding hydrogens is 553 g/mol. The van der Waals surface area contributed by atoms with E-state index in [0.29, 0.717) is 41.5 Å². The van der Waals surface area contributed by atoms with Gasteiger partial charge in [0.05, 0.1) is 20.3 Å². The van der Waals surface area contributed by atoms with Gasteiger partial charge in [-0.1, -0.05) is 18.1 Å². The first kappa shape index (κ1) is 26.5. The molecule has 3 aliphatic rings. The number of para-hydroxylation sites is 1. The van der Waals surface area contributed by atoms with Gasteiger partial charge in [0.15, 0.2) is 11.4 Å². The molecule has 2 aliphatic heterocycles. The van der Waals surface area contributed by atoms with Gasteiger partial charge in [-0.05, 0) is 37.0 Å². The molecule has 0 radical (unpaired) electrons. The number of fused-ring (bicyclic) bond motifs is 4. The van der Waals surface area contributed by atoms with Gasteiger partial charge in [-0.3, -0.25) is 0 Å². The van der Waals surface area contributed by atoms with Gasteiger partial charge in [0.25, 0.3) is 0 Å². The summed E-state index contributed by atoms with van der Waals surface area (Å²) in [5.74, 6) is 1.21. The summed E-state index contributed by atoms with van der Waals surface area (Å²) in [5.41, 5.74) is 1.75. The summed E-state index contributed by atoms with van der Waals surface area (Å²) >= 11 is 0. The van der Waals surface area contributed by atoms with E-state index in [-0.39, 0.29) is 35.3 Å². The van der Waals surface area contributed by atoms with Crippen LogP contribution in [0.15, 0.2) is 40.9 Å². The number of aromatic nitrogens is 3. The highest BCUT2D eigenvalue weighted by atomic mass is 19.4. The first-order valence-corrected chi connectivity index (χ1v) is 13.5. The monoisotopic (exact) mass is 578 g/mol. The van der Waals surface area contributed by atoms with Crippen molar-refractivity contribution < 1.29 is 36.6 Å². The number of rotatable bonds is 5. The Balaban J connectivity index is 1.29. The van der Waals surface area contributed by atoms with Gasteiger partial charge < -0.3 is 23.5 Å². The first-order valence-electron chi connectivity index (χ1n) is 13.5. The van der Waals surface area contributed by atoms with E-state index in [1.165, 1.54) is 12.0 Å². The summed E-state index contributed by atoms with van der Waals surface area (Å²) in [7, 11) is 1.22. The number of terminal acetylenes is 1. The Bertz CT molecular complexity index is 1770. The number of halogens is 3. The van der Waals surface area contributed by atoms with Crippen LogP contribution in [0.3, 0.4) is 0 Å². The Morgan fingerprint density at radius 1 is 1.26 bits per heavy atom. The second-order valence-electron chi connectivity index (χ2n) is 10.9. The molecule has 3 aromatic heterocycles. The standard InChI is InChI=1S/C30H25F3N4O5/c1-3-16-10-20(29-8-9-40-15-17(29)12-29)26(34-13-16)41-18-11-21(27(38)39-2)37(14-18)25-24-23(35-28(36-25)30(31,32)33)19-6-4-5-7-22(19)42-24/h1,4-7,10,13,17-18,21H,8-9,11-12,14-15H2,2H3/t17?,18-,21-,29?/m0/s1. The van der Waals surface area contributed by atoms with Crippen LogP contribution >= 0.6 is 0 Å². The first-order chi connectivity index (χ1) is 20.2. The zero-order valence-electron chi connectivity index (χ0n) is 22.5. The largest absolute Gasteiger partial charge is 0.472 e. The molecular formula is C30H25F3N4O5. The number of benzene rings is 1. The summed E-state index contributed by atoms with van der Waals surface area (Å²) in [6, 6.07) is 7.57. The lowest BCUT2D eigenvalue weighted by Crippen LogP contribution is -2.38. The highest BCUT2D eigenvalue weighted by molar-refractivity contribution is 6.06. The molecule has 0 N–H and O–H groups in total. The molecule has 5 heterocycles. The zero-order valence-corrected chi connectivity index (χ0v) is 22.5. The number of carbonyl (C=O) groups is 1. The molecule has 216 valence electrons. The average Bonchev–Trinajstić information content (AvgIpc) is 3.42. The molecule has 0 bridgehead atoms. The van der Waals surface area contributed by atoms with Crippen LogP contribution in [0.2, 0.25) is 0 Å². The van der Waals surface area contributed by atoms with Crippen molar-refractivity contribution in [1.82, 2.24) is 15.0 Å². The maximum absolute atomic E-state index is 14.0. The van der Waals surface area contributed by atoms with Crippen LogP contribution in [0.4, 0.5) is 19.0 Å². The molecule has 4 aromatic rings. The number of ether oxygens (including phenoxy) is 3. The van der Waals surface area contributed by atoms with Crippen molar-refractivity contribution in [3.8, 4) is 18.2 Å². The van der Waals surface area contributed by atoms with Crippen molar-refractivity contribution in [1.29, 1.82) is 0 Å². The van der Waals surface area contributed by atoms with Crippen molar-refractivity contribution in [3.05, 3.63) is 53.5 Å². The fraction of sp³-hybridized carbons (Fsp3) is 0.400. The molecule has 0 spiro atoms. The Labute approximate surface area is 238 Å². The van der Waals surface area contributed by atoms with E-state index < -0.39 is 30.1 Å². The number of hydrogen-bond donors (Lipinski definition) is 0. The molecule has 12 heteroatoms. The van der Waals surface area contributed by atoms with Crippen LogP contribution in [0, 0.1) is 18.3 Å².